The largest absolute Gasteiger partial charge is 0.480 e. The summed E-state index contributed by atoms with van der Waals surface area (Å²) in [5.74, 6) is -0.638. The minimum atomic E-state index is -1.02. The second-order valence-corrected chi connectivity index (χ2v) is 7.02. The number of carboxylic acid groups (broad SMARTS) is 1. The Kier molecular flexibility index (Phi) is 5.33. The van der Waals surface area contributed by atoms with Crippen LogP contribution in [-0.2, 0) is 15.3 Å². The number of hydrogen-bond acceptors (Lipinski definition) is 6. The maximum atomic E-state index is 10.9. The summed E-state index contributed by atoms with van der Waals surface area (Å²) in [5.41, 5.74) is 6.43. The fraction of sp³-hybridized carbons (Fsp3) is 0.545. The molecule has 0 fully saturated rings. The lowest BCUT2D eigenvalue weighted by Crippen LogP contribution is -2.46. The summed E-state index contributed by atoms with van der Waals surface area (Å²) >= 11 is 2.77. The van der Waals surface area contributed by atoms with Gasteiger partial charge in [0.05, 0.1) is 5.69 Å². The summed E-state index contributed by atoms with van der Waals surface area (Å²) in [6.45, 7) is 5.00. The molecule has 1 aromatic rings. The van der Waals surface area contributed by atoms with Crippen LogP contribution in [0.15, 0.2) is 5.38 Å². The Labute approximate surface area is 119 Å². The Bertz CT molecular complexity index is 474. The number of amides is 1. The number of thiazole rings is 1. The van der Waals surface area contributed by atoms with Gasteiger partial charge >= 0.3 is 5.97 Å². The summed E-state index contributed by atoms with van der Waals surface area (Å²) in [6, 6.07) is -0.939. The van der Waals surface area contributed by atoms with E-state index in [0.29, 0.717) is 10.9 Å². The average molecular weight is 303 g/mol. The second kappa shape index (κ2) is 6.36. The molecule has 0 spiro atoms. The molecule has 0 aliphatic heterocycles. The van der Waals surface area contributed by atoms with Crippen molar-refractivity contribution in [1.29, 1.82) is 0 Å². The molecular formula is C11H17N3O3S2. The number of nitrogens with two attached hydrogens (primary N) is 1. The third-order valence-corrected chi connectivity index (χ3v) is 4.69. The number of nitrogens with one attached hydrogen (secondary N) is 1. The van der Waals surface area contributed by atoms with E-state index in [1.54, 1.807) is 13.8 Å². The van der Waals surface area contributed by atoms with E-state index in [0.717, 1.165) is 5.69 Å². The van der Waals surface area contributed by atoms with Crippen LogP contribution in [-0.4, -0.2) is 32.8 Å². The number of rotatable bonds is 6. The van der Waals surface area contributed by atoms with Crippen LogP contribution in [0.1, 0.15) is 26.5 Å². The van der Waals surface area contributed by atoms with E-state index in [9.17, 15) is 9.59 Å². The molecule has 4 N–H and O–H groups in total. The second-order valence-electron chi connectivity index (χ2n) is 4.53. The zero-order valence-corrected chi connectivity index (χ0v) is 12.6. The molecule has 0 aromatic carbocycles. The van der Waals surface area contributed by atoms with Gasteiger partial charge < -0.3 is 16.2 Å². The molecule has 0 unspecified atom stereocenters. The number of aromatic nitrogens is 1. The fourth-order valence-electron chi connectivity index (χ4n) is 1.23. The highest BCUT2D eigenvalue weighted by atomic mass is 32.2. The number of aliphatic carboxylic acids is 1. The van der Waals surface area contributed by atoms with Crippen LogP contribution in [0.25, 0.3) is 0 Å². The lowest BCUT2D eigenvalue weighted by molar-refractivity contribution is -0.139. The van der Waals surface area contributed by atoms with E-state index in [2.05, 4.69) is 10.3 Å². The number of carbonyl (C=O) groups is 2. The highest BCUT2D eigenvalue weighted by molar-refractivity contribution is 7.99. The normalized spacial score (nSPS) is 13.1. The topological polar surface area (TPSA) is 105 Å². The minimum absolute atomic E-state index is 0.165. The number of carbonyl (C=O) groups excluding carboxylic acids is 1. The molecule has 0 radical (unpaired) electrons. The maximum Gasteiger partial charge on any atom is 0.321 e. The molecule has 19 heavy (non-hydrogen) atoms. The van der Waals surface area contributed by atoms with Crippen molar-refractivity contribution in [2.75, 3.05) is 5.32 Å². The van der Waals surface area contributed by atoms with Crippen molar-refractivity contribution in [3.05, 3.63) is 11.1 Å². The standard InChI is InChI=1S/C11H17N3O3S2/c1-6(15)13-10-14-7(4-18-10)5-19-11(2,3)8(12)9(16)17/h4,8H,5,12H2,1-3H3,(H,16,17)(H,13,14,15)/t8-/m0/s1. The van der Waals surface area contributed by atoms with Crippen LogP contribution < -0.4 is 11.1 Å². The first-order chi connectivity index (χ1) is 8.72. The summed E-state index contributed by atoms with van der Waals surface area (Å²) in [4.78, 5) is 26.0. The van der Waals surface area contributed by atoms with Gasteiger partial charge in [-0.05, 0) is 13.8 Å². The number of carboxylic acids is 1. The van der Waals surface area contributed by atoms with Crippen molar-refractivity contribution < 1.29 is 14.7 Å². The van der Waals surface area contributed by atoms with Crippen molar-refractivity contribution in [2.45, 2.75) is 37.3 Å². The lowest BCUT2D eigenvalue weighted by atomic mass is 10.1. The fourth-order valence-corrected chi connectivity index (χ4v) is 3.04. The molecule has 1 aromatic heterocycles. The number of nitrogens with zero attached hydrogens (tertiary/aromatic N) is 1. The van der Waals surface area contributed by atoms with Crippen molar-refractivity contribution in [3.8, 4) is 0 Å². The van der Waals surface area contributed by atoms with Gasteiger partial charge in [-0.25, -0.2) is 4.98 Å². The number of hydrogen-bond donors (Lipinski definition) is 3. The average Bonchev–Trinajstić information content (AvgIpc) is 2.72. The van der Waals surface area contributed by atoms with Gasteiger partial charge in [0, 0.05) is 22.8 Å². The number of anilines is 1. The first-order valence-electron chi connectivity index (χ1n) is 5.56. The van der Waals surface area contributed by atoms with Gasteiger partial charge in [-0.15, -0.1) is 23.1 Å². The van der Waals surface area contributed by atoms with Crippen molar-refractivity contribution in [3.63, 3.8) is 0 Å². The SMILES string of the molecule is CC(=O)Nc1nc(CSC(C)(C)[C@@H](N)C(=O)O)cs1. The van der Waals surface area contributed by atoms with Gasteiger partial charge in [-0.1, -0.05) is 0 Å². The predicted molar refractivity (Wildman–Crippen MR) is 77.4 cm³/mol. The van der Waals surface area contributed by atoms with E-state index >= 15 is 0 Å². The summed E-state index contributed by atoms with van der Waals surface area (Å²) in [5, 5.41) is 13.9. The highest BCUT2D eigenvalue weighted by Gasteiger charge is 2.32. The van der Waals surface area contributed by atoms with Crippen LogP contribution in [0.2, 0.25) is 0 Å². The van der Waals surface area contributed by atoms with Gasteiger partial charge in [0.15, 0.2) is 5.13 Å². The first kappa shape index (κ1) is 15.9. The monoisotopic (exact) mass is 303 g/mol. The molecule has 0 saturated heterocycles. The lowest BCUT2D eigenvalue weighted by Gasteiger charge is -2.27. The van der Waals surface area contributed by atoms with Gasteiger partial charge in [0.25, 0.3) is 0 Å². The highest BCUT2D eigenvalue weighted by Crippen LogP contribution is 2.31. The van der Waals surface area contributed by atoms with Crippen molar-refractivity contribution in [1.82, 2.24) is 4.98 Å². The third kappa shape index (κ3) is 4.81. The Balaban J connectivity index is 2.59. The van der Waals surface area contributed by atoms with Crippen LogP contribution in [0.5, 0.6) is 0 Å². The van der Waals surface area contributed by atoms with E-state index in [4.69, 9.17) is 10.8 Å². The van der Waals surface area contributed by atoms with E-state index < -0.39 is 16.8 Å². The molecule has 106 valence electrons. The molecule has 0 aliphatic carbocycles. The zero-order chi connectivity index (χ0) is 14.6. The van der Waals surface area contributed by atoms with Crippen LogP contribution >= 0.6 is 23.1 Å². The van der Waals surface area contributed by atoms with Crippen LogP contribution in [0.3, 0.4) is 0 Å². The van der Waals surface area contributed by atoms with Crippen LogP contribution in [0.4, 0.5) is 5.13 Å². The molecule has 0 aliphatic rings. The van der Waals surface area contributed by atoms with Crippen molar-refractivity contribution in [2.24, 2.45) is 5.73 Å². The Morgan fingerprint density at radius 2 is 2.26 bits per heavy atom. The smallest absolute Gasteiger partial charge is 0.321 e. The molecule has 0 bridgehead atoms. The molecule has 0 saturated carbocycles. The minimum Gasteiger partial charge on any atom is -0.480 e. The predicted octanol–water partition coefficient (Wildman–Crippen LogP) is 1.53. The van der Waals surface area contributed by atoms with E-state index in [1.165, 1.54) is 30.0 Å². The van der Waals surface area contributed by atoms with Gasteiger partial charge in [-0.3, -0.25) is 9.59 Å². The molecule has 1 amide bonds. The molecule has 6 nitrogen and oxygen atoms in total. The van der Waals surface area contributed by atoms with E-state index in [1.807, 2.05) is 5.38 Å². The zero-order valence-electron chi connectivity index (χ0n) is 11.0. The third-order valence-electron chi connectivity index (χ3n) is 2.44. The maximum absolute atomic E-state index is 10.9. The Morgan fingerprint density at radius 3 is 2.79 bits per heavy atom. The first-order valence-corrected chi connectivity index (χ1v) is 7.43. The van der Waals surface area contributed by atoms with Gasteiger partial charge in [0.2, 0.25) is 5.91 Å². The van der Waals surface area contributed by atoms with E-state index in [-0.39, 0.29) is 5.91 Å². The molecular weight excluding hydrogens is 286 g/mol. The summed E-state index contributed by atoms with van der Waals surface area (Å²) in [6.07, 6.45) is 0. The molecule has 1 heterocycles. The molecule has 8 heteroatoms. The Morgan fingerprint density at radius 1 is 1.63 bits per heavy atom. The van der Waals surface area contributed by atoms with Gasteiger partial charge in [0.1, 0.15) is 6.04 Å². The molecule has 1 atom stereocenters. The molecule has 1 rings (SSSR count). The number of thioether (sulfide) groups is 1. The Hall–Kier alpha value is -1.12. The van der Waals surface area contributed by atoms with Gasteiger partial charge in [-0.2, -0.15) is 0 Å². The van der Waals surface area contributed by atoms with Crippen molar-refractivity contribution >= 4 is 40.1 Å². The van der Waals surface area contributed by atoms with Crippen LogP contribution in [0, 0.1) is 0 Å². The summed E-state index contributed by atoms with van der Waals surface area (Å²) in [7, 11) is 0. The summed E-state index contributed by atoms with van der Waals surface area (Å²) < 4.78 is -0.594. The quantitative estimate of drug-likeness (QED) is 0.736.